The highest BCUT2D eigenvalue weighted by molar-refractivity contribution is 5.45. The lowest BCUT2D eigenvalue weighted by Gasteiger charge is -2.47. The lowest BCUT2D eigenvalue weighted by molar-refractivity contribution is 0.277. The van der Waals surface area contributed by atoms with E-state index in [1.807, 2.05) is 17.9 Å². The van der Waals surface area contributed by atoms with E-state index in [4.69, 9.17) is 0 Å². The van der Waals surface area contributed by atoms with Gasteiger partial charge in [-0.15, -0.1) is 0 Å². The van der Waals surface area contributed by atoms with Crippen molar-refractivity contribution in [2.75, 3.05) is 18.0 Å². The molecule has 4 nitrogen and oxygen atoms in total. The van der Waals surface area contributed by atoms with E-state index in [0.717, 1.165) is 13.1 Å². The molecule has 0 amide bonds. The highest BCUT2D eigenvalue weighted by atomic mass is 15.3. The molecule has 0 saturated carbocycles. The minimum absolute atomic E-state index is 0.168. The summed E-state index contributed by atoms with van der Waals surface area (Å²) >= 11 is 0. The van der Waals surface area contributed by atoms with Gasteiger partial charge in [0.15, 0.2) is 0 Å². The summed E-state index contributed by atoms with van der Waals surface area (Å²) in [6, 6.07) is 0.548. The van der Waals surface area contributed by atoms with Gasteiger partial charge in [0, 0.05) is 37.9 Å². The first-order valence-corrected chi connectivity index (χ1v) is 6.39. The Labute approximate surface area is 104 Å². The Morgan fingerprint density at radius 1 is 1.47 bits per heavy atom. The average molecular weight is 236 g/mol. The van der Waals surface area contributed by atoms with Gasteiger partial charge >= 0.3 is 0 Å². The summed E-state index contributed by atoms with van der Waals surface area (Å²) in [6.45, 7) is 11.2. The van der Waals surface area contributed by atoms with Gasteiger partial charge in [0.05, 0.1) is 11.9 Å². The van der Waals surface area contributed by atoms with Crippen LogP contribution >= 0.6 is 0 Å². The van der Waals surface area contributed by atoms with Crippen molar-refractivity contribution in [1.29, 1.82) is 0 Å². The summed E-state index contributed by atoms with van der Waals surface area (Å²) in [5, 5.41) is 7.92. The summed E-state index contributed by atoms with van der Waals surface area (Å²) in [6.07, 6.45) is 4.08. The van der Waals surface area contributed by atoms with Gasteiger partial charge in [-0.1, -0.05) is 13.8 Å². The monoisotopic (exact) mass is 236 g/mol. The number of rotatable bonds is 2. The normalized spacial score (nSPS) is 24.4. The standard InChI is InChI=1S/C13H24N4/c1-10(2)12-7-14-13(3,4)9-17(12)11-6-15-16(5)8-11/h6,8,10,12,14H,7,9H2,1-5H3. The topological polar surface area (TPSA) is 33.1 Å². The fraction of sp³-hybridized carbons (Fsp3) is 0.769. The third-order valence-electron chi connectivity index (χ3n) is 3.55. The second-order valence-electron chi connectivity index (χ2n) is 6.08. The largest absolute Gasteiger partial charge is 0.363 e. The molecule has 1 atom stereocenters. The van der Waals surface area contributed by atoms with Crippen LogP contribution in [0.15, 0.2) is 12.4 Å². The van der Waals surface area contributed by atoms with E-state index in [-0.39, 0.29) is 5.54 Å². The predicted molar refractivity (Wildman–Crippen MR) is 71.3 cm³/mol. The summed E-state index contributed by atoms with van der Waals surface area (Å²) in [5.74, 6) is 0.638. The maximum Gasteiger partial charge on any atom is 0.0756 e. The van der Waals surface area contributed by atoms with Gasteiger partial charge in [0.25, 0.3) is 0 Å². The van der Waals surface area contributed by atoms with Crippen molar-refractivity contribution >= 4 is 5.69 Å². The third-order valence-corrected chi connectivity index (χ3v) is 3.55. The van der Waals surface area contributed by atoms with Crippen molar-refractivity contribution in [3.05, 3.63) is 12.4 Å². The minimum atomic E-state index is 0.168. The van der Waals surface area contributed by atoms with Gasteiger partial charge in [0.2, 0.25) is 0 Å². The molecule has 0 bridgehead atoms. The van der Waals surface area contributed by atoms with Crippen LogP contribution in [-0.4, -0.2) is 34.5 Å². The van der Waals surface area contributed by atoms with Gasteiger partial charge in [0.1, 0.15) is 0 Å². The maximum absolute atomic E-state index is 4.29. The number of aryl methyl sites for hydroxylation is 1. The van der Waals surface area contributed by atoms with Crippen LogP contribution in [0.1, 0.15) is 27.7 Å². The van der Waals surface area contributed by atoms with Crippen molar-refractivity contribution < 1.29 is 0 Å². The fourth-order valence-electron chi connectivity index (χ4n) is 2.53. The zero-order chi connectivity index (χ0) is 12.6. The number of hydrogen-bond donors (Lipinski definition) is 1. The first-order valence-electron chi connectivity index (χ1n) is 6.39. The van der Waals surface area contributed by atoms with Crippen LogP contribution in [0.3, 0.4) is 0 Å². The number of aromatic nitrogens is 2. The molecule has 2 rings (SSSR count). The van der Waals surface area contributed by atoms with Crippen LogP contribution in [0, 0.1) is 5.92 Å². The molecule has 0 spiro atoms. The molecule has 0 radical (unpaired) electrons. The van der Waals surface area contributed by atoms with Gasteiger partial charge in [-0.05, 0) is 19.8 Å². The molecular formula is C13H24N4. The first-order chi connectivity index (χ1) is 7.89. The minimum Gasteiger partial charge on any atom is -0.363 e. The van der Waals surface area contributed by atoms with Crippen molar-refractivity contribution in [2.45, 2.75) is 39.3 Å². The number of anilines is 1. The molecule has 1 aliphatic rings. The molecule has 0 aromatic carbocycles. The van der Waals surface area contributed by atoms with Crippen LogP contribution in [0.5, 0.6) is 0 Å². The Hall–Kier alpha value is -1.03. The molecule has 4 heteroatoms. The zero-order valence-corrected chi connectivity index (χ0v) is 11.6. The highest BCUT2D eigenvalue weighted by Crippen LogP contribution is 2.26. The first kappa shape index (κ1) is 12.4. The molecule has 1 N–H and O–H groups in total. The molecule has 1 aliphatic heterocycles. The van der Waals surface area contributed by atoms with Crippen LogP contribution in [0.25, 0.3) is 0 Å². The second-order valence-corrected chi connectivity index (χ2v) is 6.08. The summed E-state index contributed by atoms with van der Waals surface area (Å²) in [5.41, 5.74) is 1.40. The lowest BCUT2D eigenvalue weighted by atomic mass is 9.93. The number of nitrogens with one attached hydrogen (secondary N) is 1. The summed E-state index contributed by atoms with van der Waals surface area (Å²) < 4.78 is 1.88. The lowest BCUT2D eigenvalue weighted by Crippen LogP contribution is -2.63. The van der Waals surface area contributed by atoms with Gasteiger partial charge in [-0.2, -0.15) is 5.10 Å². The van der Waals surface area contributed by atoms with E-state index in [1.54, 1.807) is 0 Å². The van der Waals surface area contributed by atoms with Crippen molar-refractivity contribution in [3.8, 4) is 0 Å². The fourth-order valence-corrected chi connectivity index (χ4v) is 2.53. The van der Waals surface area contributed by atoms with Gasteiger partial charge in [-0.3, -0.25) is 4.68 Å². The van der Waals surface area contributed by atoms with Crippen LogP contribution in [0.4, 0.5) is 5.69 Å². The summed E-state index contributed by atoms with van der Waals surface area (Å²) in [4.78, 5) is 2.49. The smallest absolute Gasteiger partial charge is 0.0756 e. The van der Waals surface area contributed by atoms with Crippen molar-refractivity contribution in [3.63, 3.8) is 0 Å². The zero-order valence-electron chi connectivity index (χ0n) is 11.6. The number of hydrogen-bond acceptors (Lipinski definition) is 3. The molecule has 1 fully saturated rings. The van der Waals surface area contributed by atoms with Crippen LogP contribution < -0.4 is 10.2 Å². The van der Waals surface area contributed by atoms with E-state index in [0.29, 0.717) is 12.0 Å². The molecule has 1 unspecified atom stereocenters. The Balaban J connectivity index is 2.25. The molecule has 1 aromatic heterocycles. The average Bonchev–Trinajstić information content (AvgIpc) is 2.62. The molecule has 17 heavy (non-hydrogen) atoms. The Morgan fingerprint density at radius 2 is 2.18 bits per heavy atom. The van der Waals surface area contributed by atoms with E-state index < -0.39 is 0 Å². The molecule has 96 valence electrons. The van der Waals surface area contributed by atoms with E-state index in [2.05, 4.69) is 49.2 Å². The molecule has 1 aromatic rings. The van der Waals surface area contributed by atoms with E-state index in [1.165, 1.54) is 5.69 Å². The molecule has 2 heterocycles. The number of nitrogens with zero attached hydrogens (tertiary/aromatic N) is 3. The number of piperazine rings is 1. The van der Waals surface area contributed by atoms with Crippen molar-refractivity contribution in [1.82, 2.24) is 15.1 Å². The van der Waals surface area contributed by atoms with Crippen LogP contribution in [-0.2, 0) is 7.05 Å². The molecule has 0 aliphatic carbocycles. The van der Waals surface area contributed by atoms with E-state index >= 15 is 0 Å². The maximum atomic E-state index is 4.29. The second kappa shape index (κ2) is 4.33. The van der Waals surface area contributed by atoms with Gasteiger partial charge in [-0.25, -0.2) is 0 Å². The van der Waals surface area contributed by atoms with E-state index in [9.17, 15) is 0 Å². The quantitative estimate of drug-likeness (QED) is 0.847. The Morgan fingerprint density at radius 3 is 2.71 bits per heavy atom. The van der Waals surface area contributed by atoms with Crippen LogP contribution in [0.2, 0.25) is 0 Å². The Bertz CT molecular complexity index is 381. The molecule has 1 saturated heterocycles. The SMILES string of the molecule is CC(C)C1CNC(C)(C)CN1c1cnn(C)c1. The highest BCUT2D eigenvalue weighted by Gasteiger charge is 2.34. The summed E-state index contributed by atoms with van der Waals surface area (Å²) in [7, 11) is 1.97. The van der Waals surface area contributed by atoms with Crippen molar-refractivity contribution in [2.24, 2.45) is 13.0 Å². The molecular weight excluding hydrogens is 212 g/mol. The Kier molecular flexibility index (Phi) is 3.17. The predicted octanol–water partition coefficient (Wildman–Crippen LogP) is 1.63. The third kappa shape index (κ3) is 2.63. The van der Waals surface area contributed by atoms with Gasteiger partial charge < -0.3 is 10.2 Å².